The number of anilines is 1. The van der Waals surface area contributed by atoms with E-state index in [1.807, 2.05) is 0 Å². The largest absolute Gasteiger partial charge is 0.465 e. The maximum absolute atomic E-state index is 11.9. The van der Waals surface area contributed by atoms with Gasteiger partial charge in [-0.05, 0) is 18.2 Å². The fraction of sp³-hybridized carbons (Fsp3) is 0.0769. The highest BCUT2D eigenvalue weighted by Crippen LogP contribution is 2.12. The molecular weight excluding hydrogens is 282 g/mol. The van der Waals surface area contributed by atoms with Gasteiger partial charge < -0.3 is 10.1 Å². The number of hydrogen-bond acceptors (Lipinski definition) is 5. The fourth-order valence-corrected chi connectivity index (χ4v) is 1.56. The van der Waals surface area contributed by atoms with Gasteiger partial charge in [-0.1, -0.05) is 17.7 Å². The van der Waals surface area contributed by atoms with E-state index in [-0.39, 0.29) is 10.8 Å². The molecule has 0 radical (unpaired) electrons. The van der Waals surface area contributed by atoms with Gasteiger partial charge in [0.2, 0.25) is 0 Å². The predicted octanol–water partition coefficient (Wildman–Crippen LogP) is 2.17. The summed E-state index contributed by atoms with van der Waals surface area (Å²) >= 11 is 5.59. The van der Waals surface area contributed by atoms with Crippen molar-refractivity contribution in [3.8, 4) is 0 Å². The first-order valence-corrected chi connectivity index (χ1v) is 5.95. The van der Waals surface area contributed by atoms with E-state index in [2.05, 4.69) is 20.0 Å². The van der Waals surface area contributed by atoms with Crippen molar-refractivity contribution in [1.82, 2.24) is 9.97 Å². The Morgan fingerprint density at radius 1 is 1.25 bits per heavy atom. The second-order valence-electron chi connectivity index (χ2n) is 3.75. The van der Waals surface area contributed by atoms with Crippen molar-refractivity contribution >= 4 is 29.2 Å². The highest BCUT2D eigenvalue weighted by atomic mass is 35.5. The monoisotopic (exact) mass is 291 g/mol. The summed E-state index contributed by atoms with van der Waals surface area (Å²) in [4.78, 5) is 30.9. The lowest BCUT2D eigenvalue weighted by atomic mass is 10.2. The smallest absolute Gasteiger partial charge is 0.337 e. The van der Waals surface area contributed by atoms with Crippen molar-refractivity contribution < 1.29 is 14.3 Å². The highest BCUT2D eigenvalue weighted by molar-refractivity contribution is 6.29. The van der Waals surface area contributed by atoms with E-state index in [0.717, 1.165) is 0 Å². The molecule has 0 aliphatic carbocycles. The van der Waals surface area contributed by atoms with Gasteiger partial charge in [0.05, 0.1) is 25.1 Å². The molecule has 1 amide bonds. The molecule has 1 heterocycles. The molecule has 0 bridgehead atoms. The summed E-state index contributed by atoms with van der Waals surface area (Å²) in [6, 6.07) is 6.37. The lowest BCUT2D eigenvalue weighted by molar-refractivity contribution is 0.0600. The second kappa shape index (κ2) is 6.12. The molecule has 1 aromatic carbocycles. The van der Waals surface area contributed by atoms with E-state index in [0.29, 0.717) is 11.3 Å². The Hall–Kier alpha value is -2.47. The Bertz CT molecular complexity index is 644. The van der Waals surface area contributed by atoms with Gasteiger partial charge in [-0.15, -0.1) is 0 Å². The number of nitrogens with zero attached hydrogens (tertiary/aromatic N) is 2. The molecule has 0 aliphatic rings. The van der Waals surface area contributed by atoms with Crippen LogP contribution in [0.5, 0.6) is 0 Å². The number of rotatable bonds is 3. The molecule has 1 N–H and O–H groups in total. The van der Waals surface area contributed by atoms with Crippen LogP contribution in [0.3, 0.4) is 0 Å². The molecule has 0 spiro atoms. The van der Waals surface area contributed by atoms with Crippen molar-refractivity contribution in [3.63, 3.8) is 0 Å². The van der Waals surface area contributed by atoms with E-state index < -0.39 is 11.9 Å². The summed E-state index contributed by atoms with van der Waals surface area (Å²) in [5, 5.41) is 2.81. The first kappa shape index (κ1) is 14.0. The van der Waals surface area contributed by atoms with Crippen LogP contribution in [0.15, 0.2) is 36.7 Å². The molecule has 6 nitrogen and oxygen atoms in total. The van der Waals surface area contributed by atoms with Crippen molar-refractivity contribution in [1.29, 1.82) is 0 Å². The number of carbonyl (C=O) groups is 2. The third-order valence-electron chi connectivity index (χ3n) is 2.39. The number of amides is 1. The number of carbonyl (C=O) groups excluding carboxylic acids is 2. The zero-order valence-electron chi connectivity index (χ0n) is 10.5. The van der Waals surface area contributed by atoms with Crippen LogP contribution in [0.25, 0.3) is 0 Å². The summed E-state index contributed by atoms with van der Waals surface area (Å²) in [7, 11) is 1.29. The minimum absolute atomic E-state index is 0.123. The Morgan fingerprint density at radius 2 is 2.05 bits per heavy atom. The number of halogens is 1. The third kappa shape index (κ3) is 3.30. The maximum Gasteiger partial charge on any atom is 0.337 e. The summed E-state index contributed by atoms with van der Waals surface area (Å²) in [6.07, 6.45) is 2.54. The van der Waals surface area contributed by atoms with Crippen molar-refractivity contribution in [2.24, 2.45) is 0 Å². The number of aromatic nitrogens is 2. The summed E-state index contributed by atoms with van der Waals surface area (Å²) < 4.78 is 4.61. The lowest BCUT2D eigenvalue weighted by Crippen LogP contribution is -2.14. The lowest BCUT2D eigenvalue weighted by Gasteiger charge is -2.06. The normalized spacial score (nSPS) is 9.90. The summed E-state index contributed by atoms with van der Waals surface area (Å²) in [5.74, 6) is -0.927. The van der Waals surface area contributed by atoms with E-state index in [4.69, 9.17) is 11.6 Å². The number of methoxy groups -OCH3 is 1. The average Bonchev–Trinajstić information content (AvgIpc) is 2.47. The van der Waals surface area contributed by atoms with Crippen LogP contribution in [0.1, 0.15) is 20.8 Å². The van der Waals surface area contributed by atoms with Gasteiger partial charge in [0, 0.05) is 5.69 Å². The van der Waals surface area contributed by atoms with Crippen molar-refractivity contribution in [2.75, 3.05) is 12.4 Å². The second-order valence-corrected chi connectivity index (χ2v) is 4.14. The molecule has 0 saturated heterocycles. The number of esters is 1. The topological polar surface area (TPSA) is 81.2 Å². The van der Waals surface area contributed by atoms with Crippen molar-refractivity contribution in [3.05, 3.63) is 53.1 Å². The number of nitrogens with one attached hydrogen (secondary N) is 1. The van der Waals surface area contributed by atoms with Crippen LogP contribution in [0.4, 0.5) is 5.69 Å². The molecule has 102 valence electrons. The van der Waals surface area contributed by atoms with Crippen LogP contribution >= 0.6 is 11.6 Å². The number of benzene rings is 1. The third-order valence-corrected chi connectivity index (χ3v) is 2.59. The quantitative estimate of drug-likeness (QED) is 0.877. The van der Waals surface area contributed by atoms with Gasteiger partial charge in [-0.2, -0.15) is 0 Å². The summed E-state index contributed by atoms with van der Waals surface area (Å²) in [5.41, 5.74) is 0.917. The minimum Gasteiger partial charge on any atom is -0.465 e. The van der Waals surface area contributed by atoms with Crippen LogP contribution in [0.2, 0.25) is 5.15 Å². The van der Waals surface area contributed by atoms with E-state index in [1.54, 1.807) is 18.2 Å². The van der Waals surface area contributed by atoms with Crippen molar-refractivity contribution in [2.45, 2.75) is 0 Å². The highest BCUT2D eigenvalue weighted by Gasteiger charge is 2.10. The van der Waals surface area contributed by atoms with Gasteiger partial charge in [-0.25, -0.2) is 14.8 Å². The van der Waals surface area contributed by atoms with Crippen LogP contribution in [0, 0.1) is 0 Å². The Kier molecular flexibility index (Phi) is 4.27. The fourth-order valence-electron chi connectivity index (χ4n) is 1.47. The Morgan fingerprint density at radius 3 is 2.70 bits per heavy atom. The van der Waals surface area contributed by atoms with E-state index >= 15 is 0 Å². The maximum atomic E-state index is 11.9. The zero-order valence-corrected chi connectivity index (χ0v) is 11.2. The van der Waals surface area contributed by atoms with E-state index in [9.17, 15) is 9.59 Å². The number of hydrogen-bond donors (Lipinski definition) is 1. The van der Waals surface area contributed by atoms with Gasteiger partial charge in [-0.3, -0.25) is 4.79 Å². The first-order chi connectivity index (χ1) is 9.60. The van der Waals surface area contributed by atoms with Crippen LogP contribution in [-0.4, -0.2) is 29.0 Å². The molecule has 0 unspecified atom stereocenters. The standard InChI is InChI=1S/C13H10ClN3O3/c1-20-13(19)8-3-2-4-9(5-8)17-12(18)10-6-16-11(14)7-15-10/h2-7H,1H3,(H,17,18). The average molecular weight is 292 g/mol. The predicted molar refractivity (Wildman–Crippen MR) is 72.8 cm³/mol. The summed E-state index contributed by atoms with van der Waals surface area (Å²) in [6.45, 7) is 0. The first-order valence-electron chi connectivity index (χ1n) is 5.57. The zero-order chi connectivity index (χ0) is 14.5. The molecule has 2 aromatic rings. The van der Waals surface area contributed by atoms with Crippen LogP contribution < -0.4 is 5.32 Å². The molecule has 1 aromatic heterocycles. The van der Waals surface area contributed by atoms with Gasteiger partial charge in [0.1, 0.15) is 10.8 Å². The Labute approximate surface area is 119 Å². The van der Waals surface area contributed by atoms with Gasteiger partial charge >= 0.3 is 5.97 Å². The van der Waals surface area contributed by atoms with Gasteiger partial charge in [0.25, 0.3) is 5.91 Å². The minimum atomic E-state index is -0.479. The number of ether oxygens (including phenoxy) is 1. The molecule has 0 saturated carbocycles. The molecule has 20 heavy (non-hydrogen) atoms. The molecule has 0 atom stereocenters. The molecule has 7 heteroatoms. The molecule has 0 aliphatic heterocycles. The van der Waals surface area contributed by atoms with Crippen LogP contribution in [-0.2, 0) is 4.74 Å². The molecular formula is C13H10ClN3O3. The van der Waals surface area contributed by atoms with Gasteiger partial charge in [0.15, 0.2) is 0 Å². The van der Waals surface area contributed by atoms with E-state index in [1.165, 1.54) is 25.6 Å². The molecule has 0 fully saturated rings. The Balaban J connectivity index is 2.15. The SMILES string of the molecule is COC(=O)c1cccc(NC(=O)c2cnc(Cl)cn2)c1. The molecule has 2 rings (SSSR count).